The molecule has 0 radical (unpaired) electrons. The van der Waals surface area contributed by atoms with Gasteiger partial charge in [0.15, 0.2) is 5.13 Å². The fraction of sp³-hybridized carbons (Fsp3) is 0.333. The van der Waals surface area contributed by atoms with Crippen LogP contribution in [0.5, 0.6) is 0 Å². The Balaban J connectivity index is 1.99. The molecule has 1 aromatic carbocycles. The second kappa shape index (κ2) is 9.79. The lowest BCUT2D eigenvalue weighted by Gasteiger charge is -2.10. The lowest BCUT2D eigenvalue weighted by molar-refractivity contribution is -0.119. The van der Waals surface area contributed by atoms with Gasteiger partial charge in [-0.05, 0) is 12.1 Å². The molecule has 1 aromatic heterocycles. The van der Waals surface area contributed by atoms with Crippen LogP contribution in [-0.2, 0) is 16.0 Å². The molecule has 0 saturated carbocycles. The first-order chi connectivity index (χ1) is 12.9. The number of aromatic nitrogens is 1. The van der Waals surface area contributed by atoms with Crippen LogP contribution in [0.1, 0.15) is 29.9 Å². The van der Waals surface area contributed by atoms with E-state index in [0.717, 1.165) is 0 Å². The number of thiazole rings is 1. The van der Waals surface area contributed by atoms with Gasteiger partial charge in [0, 0.05) is 24.4 Å². The van der Waals surface area contributed by atoms with E-state index in [1.807, 2.05) is 0 Å². The van der Waals surface area contributed by atoms with Gasteiger partial charge in [0.05, 0.1) is 23.4 Å². The summed E-state index contributed by atoms with van der Waals surface area (Å²) in [5, 5.41) is 10.3. The van der Waals surface area contributed by atoms with E-state index in [4.69, 9.17) is 5.73 Å². The Bertz CT molecular complexity index is 819. The normalized spacial score (nSPS) is 10.5. The zero-order valence-corrected chi connectivity index (χ0v) is 16.1. The number of rotatable bonds is 8. The van der Waals surface area contributed by atoms with E-state index < -0.39 is 0 Å². The van der Waals surface area contributed by atoms with Crippen molar-refractivity contribution >= 4 is 39.9 Å². The van der Waals surface area contributed by atoms with Crippen LogP contribution in [0.4, 0.5) is 10.8 Å². The third-order valence-electron chi connectivity index (χ3n) is 3.52. The van der Waals surface area contributed by atoms with Gasteiger partial charge < -0.3 is 21.7 Å². The number of hydrogen-bond acceptors (Lipinski definition) is 6. The maximum absolute atomic E-state index is 12.3. The summed E-state index contributed by atoms with van der Waals surface area (Å²) in [5.74, 6) is -0.884. The number of carbonyl (C=O) groups is 3. The van der Waals surface area contributed by atoms with Crippen LogP contribution >= 0.6 is 11.3 Å². The highest BCUT2D eigenvalue weighted by molar-refractivity contribution is 7.13. The van der Waals surface area contributed by atoms with Crippen molar-refractivity contribution in [1.29, 1.82) is 0 Å². The van der Waals surface area contributed by atoms with Crippen LogP contribution in [0, 0.1) is 5.92 Å². The fourth-order valence-electron chi connectivity index (χ4n) is 2.13. The predicted octanol–water partition coefficient (Wildman–Crippen LogP) is 1.61. The lowest BCUT2D eigenvalue weighted by Crippen LogP contribution is -2.30. The van der Waals surface area contributed by atoms with E-state index in [9.17, 15) is 14.4 Å². The molecule has 8 nitrogen and oxygen atoms in total. The molecular weight excluding hydrogens is 366 g/mol. The van der Waals surface area contributed by atoms with Crippen molar-refractivity contribution in [2.75, 3.05) is 23.7 Å². The fourth-order valence-corrected chi connectivity index (χ4v) is 2.84. The molecule has 0 aliphatic rings. The van der Waals surface area contributed by atoms with Gasteiger partial charge in [-0.15, -0.1) is 11.3 Å². The first-order valence-corrected chi connectivity index (χ1v) is 9.41. The standard InChI is InChI=1S/C18H23N5O3S/c1-11(2)16(25)23-18-21-12(10-27-18)9-15(24)22-14-6-4-3-5-13(14)17(26)20-8-7-19/h3-6,10-11H,7-9,19H2,1-2H3,(H,20,26)(H,22,24)(H,21,23,25). The van der Waals surface area contributed by atoms with Crippen molar-refractivity contribution < 1.29 is 14.4 Å². The second-order valence-corrected chi connectivity index (χ2v) is 6.96. The molecule has 9 heteroatoms. The van der Waals surface area contributed by atoms with E-state index >= 15 is 0 Å². The molecule has 0 fully saturated rings. The molecule has 0 spiro atoms. The SMILES string of the molecule is CC(C)C(=O)Nc1nc(CC(=O)Nc2ccccc2C(=O)NCCN)cs1. The third kappa shape index (κ3) is 6.15. The molecule has 0 atom stereocenters. The zero-order chi connectivity index (χ0) is 19.8. The molecule has 0 aliphatic heterocycles. The molecule has 5 N–H and O–H groups in total. The molecule has 3 amide bonds. The Morgan fingerprint density at radius 3 is 2.63 bits per heavy atom. The Kier molecular flexibility index (Phi) is 7.44. The maximum atomic E-state index is 12.3. The summed E-state index contributed by atoms with van der Waals surface area (Å²) >= 11 is 1.26. The minimum absolute atomic E-state index is 0.0345. The Hall–Kier alpha value is -2.78. The Morgan fingerprint density at radius 1 is 1.19 bits per heavy atom. The number of anilines is 2. The van der Waals surface area contributed by atoms with Gasteiger partial charge in [-0.2, -0.15) is 0 Å². The van der Waals surface area contributed by atoms with Crippen LogP contribution in [-0.4, -0.2) is 35.8 Å². The summed E-state index contributed by atoms with van der Waals surface area (Å²) in [6, 6.07) is 6.74. The number of amides is 3. The lowest BCUT2D eigenvalue weighted by atomic mass is 10.1. The van der Waals surface area contributed by atoms with Crippen LogP contribution in [0.3, 0.4) is 0 Å². The van der Waals surface area contributed by atoms with E-state index in [1.165, 1.54) is 11.3 Å². The molecule has 144 valence electrons. The Labute approximate surface area is 161 Å². The molecule has 27 heavy (non-hydrogen) atoms. The molecule has 0 bridgehead atoms. The first kappa shape index (κ1) is 20.5. The van der Waals surface area contributed by atoms with Crippen molar-refractivity contribution in [3.8, 4) is 0 Å². The molecule has 2 aromatic rings. The van der Waals surface area contributed by atoms with Gasteiger partial charge in [-0.1, -0.05) is 26.0 Å². The third-order valence-corrected chi connectivity index (χ3v) is 4.33. The highest BCUT2D eigenvalue weighted by Gasteiger charge is 2.15. The smallest absolute Gasteiger partial charge is 0.253 e. The van der Waals surface area contributed by atoms with Gasteiger partial charge in [-0.3, -0.25) is 14.4 Å². The minimum atomic E-state index is -0.305. The molecular formula is C18H23N5O3S. The van der Waals surface area contributed by atoms with Gasteiger partial charge in [0.1, 0.15) is 0 Å². The number of hydrogen-bond donors (Lipinski definition) is 4. The summed E-state index contributed by atoms with van der Waals surface area (Å²) < 4.78 is 0. The summed E-state index contributed by atoms with van der Waals surface area (Å²) in [7, 11) is 0. The highest BCUT2D eigenvalue weighted by Crippen LogP contribution is 2.18. The number of benzene rings is 1. The highest BCUT2D eigenvalue weighted by atomic mass is 32.1. The monoisotopic (exact) mass is 389 g/mol. The summed E-state index contributed by atoms with van der Waals surface area (Å²) in [6.07, 6.45) is 0.0345. The molecule has 2 rings (SSSR count). The molecule has 1 heterocycles. The molecule has 0 aliphatic carbocycles. The van der Waals surface area contributed by atoms with Crippen LogP contribution in [0.15, 0.2) is 29.6 Å². The summed E-state index contributed by atoms with van der Waals surface area (Å²) in [6.45, 7) is 4.27. The quantitative estimate of drug-likeness (QED) is 0.546. The molecule has 0 saturated heterocycles. The number of nitrogens with one attached hydrogen (secondary N) is 3. The number of nitrogens with two attached hydrogens (primary N) is 1. The Morgan fingerprint density at radius 2 is 1.93 bits per heavy atom. The van der Waals surface area contributed by atoms with E-state index in [1.54, 1.807) is 43.5 Å². The second-order valence-electron chi connectivity index (χ2n) is 6.10. The average molecular weight is 389 g/mol. The number of nitrogens with zero attached hydrogens (tertiary/aromatic N) is 1. The van der Waals surface area contributed by atoms with Crippen molar-refractivity contribution in [2.24, 2.45) is 11.7 Å². The van der Waals surface area contributed by atoms with Gasteiger partial charge in [-0.25, -0.2) is 4.98 Å². The van der Waals surface area contributed by atoms with Crippen molar-refractivity contribution in [1.82, 2.24) is 10.3 Å². The summed E-state index contributed by atoms with van der Waals surface area (Å²) in [5.41, 5.74) is 6.72. The van der Waals surface area contributed by atoms with Crippen LogP contribution in [0.25, 0.3) is 0 Å². The van der Waals surface area contributed by atoms with Gasteiger partial charge in [0.2, 0.25) is 11.8 Å². The minimum Gasteiger partial charge on any atom is -0.351 e. The average Bonchev–Trinajstić information content (AvgIpc) is 3.06. The van der Waals surface area contributed by atoms with Crippen molar-refractivity contribution in [3.05, 3.63) is 40.9 Å². The largest absolute Gasteiger partial charge is 0.351 e. The summed E-state index contributed by atoms with van der Waals surface area (Å²) in [4.78, 5) is 40.4. The van der Waals surface area contributed by atoms with Crippen LogP contribution < -0.4 is 21.7 Å². The molecule has 0 unspecified atom stereocenters. The van der Waals surface area contributed by atoms with Crippen LogP contribution in [0.2, 0.25) is 0 Å². The zero-order valence-electron chi connectivity index (χ0n) is 15.2. The van der Waals surface area contributed by atoms with Crippen molar-refractivity contribution in [3.63, 3.8) is 0 Å². The predicted molar refractivity (Wildman–Crippen MR) is 106 cm³/mol. The topological polar surface area (TPSA) is 126 Å². The number of para-hydroxylation sites is 1. The van der Waals surface area contributed by atoms with Gasteiger partial charge in [0.25, 0.3) is 5.91 Å². The van der Waals surface area contributed by atoms with Gasteiger partial charge >= 0.3 is 0 Å². The first-order valence-electron chi connectivity index (χ1n) is 8.53. The van der Waals surface area contributed by atoms with Crippen molar-refractivity contribution in [2.45, 2.75) is 20.3 Å². The van der Waals surface area contributed by atoms with E-state index in [-0.39, 0.29) is 30.1 Å². The number of carbonyl (C=O) groups excluding carboxylic acids is 3. The maximum Gasteiger partial charge on any atom is 0.253 e. The van der Waals surface area contributed by atoms with E-state index in [2.05, 4.69) is 20.9 Å². The van der Waals surface area contributed by atoms with E-state index in [0.29, 0.717) is 35.2 Å².